The Morgan fingerprint density at radius 1 is 1.16 bits per heavy atom. The predicted molar refractivity (Wildman–Crippen MR) is 115 cm³/mol. The van der Waals surface area contributed by atoms with Gasteiger partial charge < -0.3 is 20.3 Å². The van der Waals surface area contributed by atoms with Crippen molar-refractivity contribution in [1.29, 1.82) is 0 Å². The minimum Gasteiger partial charge on any atom is -0.496 e. The van der Waals surface area contributed by atoms with Crippen molar-refractivity contribution in [2.24, 2.45) is 0 Å². The molecule has 8 heteroatoms. The van der Waals surface area contributed by atoms with E-state index in [0.29, 0.717) is 11.3 Å². The van der Waals surface area contributed by atoms with Crippen LogP contribution in [0.2, 0.25) is 0 Å². The number of piperidine rings is 1. The molecule has 0 bridgehead atoms. The number of nitrogens with zero attached hydrogens (tertiary/aromatic N) is 1. The summed E-state index contributed by atoms with van der Waals surface area (Å²) >= 11 is 0. The summed E-state index contributed by atoms with van der Waals surface area (Å²) in [5.74, 6) is -0.269. The molecule has 1 aliphatic rings. The highest BCUT2D eigenvalue weighted by Gasteiger charge is 2.35. The number of halogens is 3. The molecule has 0 aliphatic carbocycles. The quantitative estimate of drug-likeness (QED) is 0.679. The molecule has 0 spiro atoms. The van der Waals surface area contributed by atoms with Gasteiger partial charge in [0.05, 0.1) is 23.9 Å². The molecule has 168 valence electrons. The van der Waals surface area contributed by atoms with Crippen LogP contribution in [0.25, 0.3) is 0 Å². The Morgan fingerprint density at radius 2 is 1.87 bits per heavy atom. The normalized spacial score (nSPS) is 15.6. The summed E-state index contributed by atoms with van der Waals surface area (Å²) in [5, 5.41) is 5.53. The fourth-order valence-electron chi connectivity index (χ4n) is 3.94. The van der Waals surface area contributed by atoms with E-state index in [9.17, 15) is 18.0 Å². The summed E-state index contributed by atoms with van der Waals surface area (Å²) in [6.07, 6.45) is -2.95. The number of benzene rings is 2. The van der Waals surface area contributed by atoms with Crippen LogP contribution in [0.3, 0.4) is 0 Å². The number of anilines is 1. The lowest BCUT2D eigenvalue weighted by atomic mass is 9.88. The second-order valence-electron chi connectivity index (χ2n) is 7.68. The van der Waals surface area contributed by atoms with Gasteiger partial charge in [-0.15, -0.1) is 0 Å². The second kappa shape index (κ2) is 10.2. The van der Waals surface area contributed by atoms with Crippen LogP contribution in [0.15, 0.2) is 42.5 Å². The zero-order chi connectivity index (χ0) is 22.4. The van der Waals surface area contributed by atoms with E-state index < -0.39 is 17.6 Å². The summed E-state index contributed by atoms with van der Waals surface area (Å²) in [4.78, 5) is 14.9. The van der Waals surface area contributed by atoms with E-state index in [1.165, 1.54) is 25.3 Å². The van der Waals surface area contributed by atoms with Crippen LogP contribution in [-0.2, 0) is 6.18 Å². The number of amides is 1. The van der Waals surface area contributed by atoms with E-state index in [-0.39, 0.29) is 17.2 Å². The molecule has 0 unspecified atom stereocenters. The van der Waals surface area contributed by atoms with E-state index in [1.807, 2.05) is 7.05 Å². The highest BCUT2D eigenvalue weighted by Crippen LogP contribution is 2.39. The number of methoxy groups -OCH3 is 1. The SMILES string of the molecule is CNCCN1CCC(c2ccc(NC(=O)c3ccccc3OC)c(C(F)(F)F)c2)CC1. The molecule has 0 aromatic heterocycles. The van der Waals surface area contributed by atoms with Gasteiger partial charge in [-0.3, -0.25) is 4.79 Å². The van der Waals surface area contributed by atoms with Crippen LogP contribution in [0.4, 0.5) is 18.9 Å². The lowest BCUT2D eigenvalue weighted by Crippen LogP contribution is -2.37. The zero-order valence-electron chi connectivity index (χ0n) is 17.8. The molecule has 5 nitrogen and oxygen atoms in total. The first-order valence-corrected chi connectivity index (χ1v) is 10.4. The van der Waals surface area contributed by atoms with Crippen molar-refractivity contribution < 1.29 is 22.7 Å². The monoisotopic (exact) mass is 435 g/mol. The van der Waals surface area contributed by atoms with Crippen molar-refractivity contribution in [3.05, 3.63) is 59.2 Å². The van der Waals surface area contributed by atoms with Crippen molar-refractivity contribution in [2.45, 2.75) is 24.9 Å². The first-order valence-electron chi connectivity index (χ1n) is 10.4. The second-order valence-corrected chi connectivity index (χ2v) is 7.68. The Kier molecular flexibility index (Phi) is 7.56. The smallest absolute Gasteiger partial charge is 0.418 e. The zero-order valence-corrected chi connectivity index (χ0v) is 17.8. The summed E-state index contributed by atoms with van der Waals surface area (Å²) in [6, 6.07) is 10.7. The number of likely N-dealkylation sites (N-methyl/N-ethyl adjacent to an activating group) is 1. The van der Waals surface area contributed by atoms with Crippen LogP contribution < -0.4 is 15.4 Å². The van der Waals surface area contributed by atoms with Crippen LogP contribution >= 0.6 is 0 Å². The van der Waals surface area contributed by atoms with Crippen molar-refractivity contribution in [3.63, 3.8) is 0 Å². The van der Waals surface area contributed by atoms with Gasteiger partial charge in [0.25, 0.3) is 5.91 Å². The van der Waals surface area contributed by atoms with E-state index in [1.54, 1.807) is 24.3 Å². The van der Waals surface area contributed by atoms with Crippen LogP contribution in [0.1, 0.15) is 40.2 Å². The van der Waals surface area contributed by atoms with Crippen LogP contribution in [0, 0.1) is 0 Å². The lowest BCUT2D eigenvalue weighted by molar-refractivity contribution is -0.137. The van der Waals surface area contributed by atoms with Gasteiger partial charge in [-0.2, -0.15) is 13.2 Å². The standard InChI is InChI=1S/C23H28F3N3O2/c1-27-11-14-29-12-9-16(10-13-29)17-7-8-20(19(15-17)23(24,25)26)28-22(30)18-5-3-4-6-21(18)31-2/h3-8,15-16,27H,9-14H2,1-2H3,(H,28,30). The Morgan fingerprint density at radius 3 is 2.52 bits per heavy atom. The van der Waals surface area contributed by atoms with E-state index >= 15 is 0 Å². The van der Waals surface area contributed by atoms with Gasteiger partial charge in [-0.05, 0) is 68.7 Å². The summed E-state index contributed by atoms with van der Waals surface area (Å²) in [5.41, 5.74) is -0.239. The minimum atomic E-state index is -4.58. The van der Waals surface area contributed by atoms with E-state index in [0.717, 1.165) is 39.0 Å². The number of para-hydroxylation sites is 1. The molecular weight excluding hydrogens is 407 g/mol. The molecule has 3 rings (SSSR count). The maximum atomic E-state index is 13.8. The van der Waals surface area contributed by atoms with Gasteiger partial charge in [0, 0.05) is 13.1 Å². The number of carbonyl (C=O) groups is 1. The van der Waals surface area contributed by atoms with Crippen molar-refractivity contribution in [2.75, 3.05) is 45.7 Å². The van der Waals surface area contributed by atoms with E-state index in [2.05, 4.69) is 15.5 Å². The molecule has 1 amide bonds. The number of hydrogen-bond donors (Lipinski definition) is 2. The maximum Gasteiger partial charge on any atom is 0.418 e. The van der Waals surface area contributed by atoms with Gasteiger partial charge in [0.2, 0.25) is 0 Å². The van der Waals surface area contributed by atoms with Gasteiger partial charge in [0.1, 0.15) is 5.75 Å². The minimum absolute atomic E-state index is 0.0749. The average molecular weight is 435 g/mol. The number of rotatable bonds is 7. The third-order valence-corrected chi connectivity index (χ3v) is 5.69. The Hall–Kier alpha value is -2.58. The molecule has 0 atom stereocenters. The van der Waals surface area contributed by atoms with Crippen LogP contribution in [-0.4, -0.2) is 51.1 Å². The van der Waals surface area contributed by atoms with Crippen molar-refractivity contribution >= 4 is 11.6 Å². The molecule has 31 heavy (non-hydrogen) atoms. The number of nitrogens with one attached hydrogen (secondary N) is 2. The molecule has 1 aliphatic heterocycles. The maximum absolute atomic E-state index is 13.8. The summed E-state index contributed by atoms with van der Waals surface area (Å²) < 4.78 is 46.6. The molecule has 1 heterocycles. The molecule has 0 saturated carbocycles. The average Bonchev–Trinajstić information content (AvgIpc) is 2.77. The number of alkyl halides is 3. The molecule has 0 radical (unpaired) electrons. The van der Waals surface area contributed by atoms with Gasteiger partial charge in [0.15, 0.2) is 0 Å². The third kappa shape index (κ3) is 5.77. The Bertz CT molecular complexity index is 894. The molecular formula is C23H28F3N3O2. The summed E-state index contributed by atoms with van der Waals surface area (Å²) in [6.45, 7) is 3.55. The number of carbonyl (C=O) groups excluding carboxylic acids is 1. The molecule has 2 aromatic carbocycles. The highest BCUT2D eigenvalue weighted by atomic mass is 19.4. The summed E-state index contributed by atoms with van der Waals surface area (Å²) in [7, 11) is 3.31. The lowest BCUT2D eigenvalue weighted by Gasteiger charge is -2.32. The Labute approximate surface area is 180 Å². The molecule has 2 aromatic rings. The molecule has 1 fully saturated rings. The van der Waals surface area contributed by atoms with Gasteiger partial charge in [-0.1, -0.05) is 18.2 Å². The molecule has 1 saturated heterocycles. The largest absolute Gasteiger partial charge is 0.496 e. The molecule has 2 N–H and O–H groups in total. The fraction of sp³-hybridized carbons (Fsp3) is 0.435. The topological polar surface area (TPSA) is 53.6 Å². The van der Waals surface area contributed by atoms with Crippen molar-refractivity contribution in [1.82, 2.24) is 10.2 Å². The first kappa shape index (κ1) is 23.1. The van der Waals surface area contributed by atoms with Gasteiger partial charge >= 0.3 is 6.18 Å². The first-order chi connectivity index (χ1) is 14.8. The number of hydrogen-bond acceptors (Lipinski definition) is 4. The fourth-order valence-corrected chi connectivity index (χ4v) is 3.94. The predicted octanol–water partition coefficient (Wildman–Crippen LogP) is 4.37. The van der Waals surface area contributed by atoms with E-state index in [4.69, 9.17) is 4.74 Å². The number of likely N-dealkylation sites (tertiary alicyclic amines) is 1. The van der Waals surface area contributed by atoms with Gasteiger partial charge in [-0.25, -0.2) is 0 Å². The number of ether oxygens (including phenoxy) is 1. The highest BCUT2D eigenvalue weighted by molar-refractivity contribution is 6.06. The van der Waals surface area contributed by atoms with Crippen molar-refractivity contribution in [3.8, 4) is 5.75 Å². The third-order valence-electron chi connectivity index (χ3n) is 5.69. The Balaban J connectivity index is 1.79. The van der Waals surface area contributed by atoms with Crippen LogP contribution in [0.5, 0.6) is 5.75 Å².